The molecule has 0 bridgehead atoms. The van der Waals surface area contributed by atoms with Crippen LogP contribution in [0.3, 0.4) is 0 Å². The molecule has 1 atom stereocenters. The molecule has 1 heterocycles. The Morgan fingerprint density at radius 1 is 1.00 bits per heavy atom. The maximum atomic E-state index is 4.69. The first-order valence-electron chi connectivity index (χ1n) is 8.76. The molecule has 0 aliphatic heterocycles. The van der Waals surface area contributed by atoms with Crippen molar-refractivity contribution in [2.45, 2.75) is 39.5 Å². The van der Waals surface area contributed by atoms with Crippen LogP contribution in [0.4, 0.5) is 0 Å². The van der Waals surface area contributed by atoms with E-state index in [1.165, 1.54) is 11.1 Å². The number of aromatic nitrogens is 2. The maximum absolute atomic E-state index is 4.69. The monoisotopic (exact) mass is 318 g/mol. The van der Waals surface area contributed by atoms with Gasteiger partial charge in [0, 0.05) is 23.6 Å². The molecule has 0 saturated carbocycles. The number of imidazole rings is 1. The predicted octanol–water partition coefficient (Wildman–Crippen LogP) is 5.86. The summed E-state index contributed by atoms with van der Waals surface area (Å²) < 4.78 is 2.18. The molecule has 1 aromatic heterocycles. The van der Waals surface area contributed by atoms with Crippen LogP contribution in [0.5, 0.6) is 0 Å². The van der Waals surface area contributed by atoms with Gasteiger partial charge in [0.05, 0.1) is 0 Å². The first-order valence-corrected chi connectivity index (χ1v) is 8.76. The van der Waals surface area contributed by atoms with Crippen LogP contribution in [0.15, 0.2) is 67.0 Å². The fourth-order valence-electron chi connectivity index (χ4n) is 3.39. The van der Waals surface area contributed by atoms with Crippen molar-refractivity contribution in [3.63, 3.8) is 0 Å². The lowest BCUT2D eigenvalue weighted by molar-refractivity contribution is 0.327. The minimum Gasteiger partial charge on any atom is -0.300 e. The van der Waals surface area contributed by atoms with Gasteiger partial charge in [-0.2, -0.15) is 0 Å². The zero-order valence-electron chi connectivity index (χ0n) is 15.0. The molecule has 24 heavy (non-hydrogen) atoms. The van der Waals surface area contributed by atoms with Crippen LogP contribution >= 0.6 is 0 Å². The van der Waals surface area contributed by atoms with Crippen LogP contribution in [-0.2, 0) is 5.41 Å². The molecule has 1 unspecified atom stereocenters. The van der Waals surface area contributed by atoms with Crippen molar-refractivity contribution in [1.29, 1.82) is 0 Å². The van der Waals surface area contributed by atoms with Gasteiger partial charge in [-0.3, -0.25) is 4.57 Å². The van der Waals surface area contributed by atoms with E-state index in [0.717, 1.165) is 17.9 Å². The van der Waals surface area contributed by atoms with Gasteiger partial charge in [-0.1, -0.05) is 70.2 Å². The summed E-state index contributed by atoms with van der Waals surface area (Å²) in [5.41, 5.74) is 3.88. The summed E-state index contributed by atoms with van der Waals surface area (Å²) >= 11 is 0. The van der Waals surface area contributed by atoms with E-state index < -0.39 is 0 Å². The van der Waals surface area contributed by atoms with Crippen LogP contribution in [0, 0.1) is 5.92 Å². The Hall–Kier alpha value is -2.35. The number of benzene rings is 2. The number of para-hydroxylation sites is 1. The zero-order chi connectivity index (χ0) is 17.2. The topological polar surface area (TPSA) is 17.8 Å². The zero-order valence-corrected chi connectivity index (χ0v) is 15.0. The van der Waals surface area contributed by atoms with Crippen LogP contribution in [0.2, 0.25) is 0 Å². The molecule has 2 aromatic carbocycles. The number of rotatable bonds is 5. The molecule has 3 rings (SSSR count). The van der Waals surface area contributed by atoms with Gasteiger partial charge in [0.2, 0.25) is 0 Å². The van der Waals surface area contributed by atoms with Crippen LogP contribution in [-0.4, -0.2) is 9.55 Å². The predicted molar refractivity (Wildman–Crippen MR) is 101 cm³/mol. The Morgan fingerprint density at radius 3 is 2.33 bits per heavy atom. The molecular weight excluding hydrogens is 292 g/mol. The first kappa shape index (κ1) is 16.5. The highest BCUT2D eigenvalue weighted by atomic mass is 15.1. The molecule has 0 N–H and O–H groups in total. The van der Waals surface area contributed by atoms with Crippen molar-refractivity contribution >= 4 is 0 Å². The van der Waals surface area contributed by atoms with Gasteiger partial charge < -0.3 is 0 Å². The third-order valence-corrected chi connectivity index (χ3v) is 5.47. The molecule has 0 radical (unpaired) electrons. The third kappa shape index (κ3) is 2.77. The average Bonchev–Trinajstić information content (AvgIpc) is 3.11. The summed E-state index contributed by atoms with van der Waals surface area (Å²) in [7, 11) is 0. The van der Waals surface area contributed by atoms with E-state index in [1.807, 2.05) is 18.5 Å². The first-order chi connectivity index (χ1) is 11.6. The minimum atomic E-state index is 0.129. The highest BCUT2D eigenvalue weighted by molar-refractivity contribution is 5.65. The average molecular weight is 318 g/mol. The summed E-state index contributed by atoms with van der Waals surface area (Å²) in [6, 6.07) is 19.1. The molecule has 0 fully saturated rings. The normalized spacial score (nSPS) is 13.9. The molecule has 0 saturated heterocycles. The molecule has 0 aliphatic carbocycles. The Kier molecular flexibility index (Phi) is 4.57. The van der Waals surface area contributed by atoms with Crippen molar-refractivity contribution in [2.24, 2.45) is 5.92 Å². The third-order valence-electron chi connectivity index (χ3n) is 5.47. The fraction of sp³-hybridized carbons (Fsp3) is 0.318. The second-order valence-corrected chi connectivity index (χ2v) is 6.93. The van der Waals surface area contributed by atoms with Crippen molar-refractivity contribution < 1.29 is 0 Å². The van der Waals surface area contributed by atoms with Gasteiger partial charge in [-0.25, -0.2) is 4.98 Å². The molecule has 0 amide bonds. The summed E-state index contributed by atoms with van der Waals surface area (Å²) in [6.45, 7) is 9.26. The van der Waals surface area contributed by atoms with Crippen LogP contribution in [0.25, 0.3) is 17.1 Å². The summed E-state index contributed by atoms with van der Waals surface area (Å²) in [5, 5.41) is 0. The second-order valence-electron chi connectivity index (χ2n) is 6.93. The Labute approximate surface area is 145 Å². The number of hydrogen-bond donors (Lipinski definition) is 0. The van der Waals surface area contributed by atoms with E-state index in [-0.39, 0.29) is 5.41 Å². The van der Waals surface area contributed by atoms with E-state index in [2.05, 4.69) is 80.8 Å². The lowest BCUT2D eigenvalue weighted by Crippen LogP contribution is -2.28. The number of nitrogens with zero attached hydrogens (tertiary/aromatic N) is 2. The highest BCUT2D eigenvalue weighted by Gasteiger charge is 2.31. The second kappa shape index (κ2) is 6.64. The lowest BCUT2D eigenvalue weighted by atomic mass is 9.70. The van der Waals surface area contributed by atoms with E-state index >= 15 is 0 Å². The molecule has 0 spiro atoms. The van der Waals surface area contributed by atoms with Gasteiger partial charge in [0.15, 0.2) is 0 Å². The van der Waals surface area contributed by atoms with Crippen molar-refractivity contribution in [3.8, 4) is 17.1 Å². The van der Waals surface area contributed by atoms with Crippen LogP contribution in [0.1, 0.15) is 39.7 Å². The molecule has 124 valence electrons. The fourth-order valence-corrected chi connectivity index (χ4v) is 3.39. The maximum Gasteiger partial charge on any atom is 0.144 e. The quantitative estimate of drug-likeness (QED) is 0.576. The van der Waals surface area contributed by atoms with Crippen molar-refractivity contribution in [3.05, 3.63) is 72.6 Å². The standard InChI is InChI=1S/C22H26N2/c1-5-22(4,17(2)3)20-14-10-9-13-19(20)21-23-15-16-24(21)18-11-7-6-8-12-18/h6-17H,5H2,1-4H3. The SMILES string of the molecule is CCC(C)(c1ccccc1-c1nccn1-c1ccccc1)C(C)C. The summed E-state index contributed by atoms with van der Waals surface area (Å²) in [6.07, 6.45) is 5.03. The van der Waals surface area contributed by atoms with E-state index in [1.54, 1.807) is 0 Å². The Balaban J connectivity index is 2.19. The summed E-state index contributed by atoms with van der Waals surface area (Å²) in [4.78, 5) is 4.69. The van der Waals surface area contributed by atoms with Crippen molar-refractivity contribution in [2.75, 3.05) is 0 Å². The molecule has 0 aliphatic rings. The Bertz CT molecular complexity index is 802. The van der Waals surface area contributed by atoms with Gasteiger partial charge in [0.25, 0.3) is 0 Å². The highest BCUT2D eigenvalue weighted by Crippen LogP contribution is 2.40. The summed E-state index contributed by atoms with van der Waals surface area (Å²) in [5.74, 6) is 1.57. The lowest BCUT2D eigenvalue weighted by Gasteiger charge is -2.35. The smallest absolute Gasteiger partial charge is 0.144 e. The molecule has 2 nitrogen and oxygen atoms in total. The minimum absolute atomic E-state index is 0.129. The Morgan fingerprint density at radius 2 is 1.67 bits per heavy atom. The van der Waals surface area contributed by atoms with Crippen LogP contribution < -0.4 is 0 Å². The van der Waals surface area contributed by atoms with E-state index in [9.17, 15) is 0 Å². The van der Waals surface area contributed by atoms with Gasteiger partial charge in [-0.15, -0.1) is 0 Å². The molecule has 3 aromatic rings. The molecular formula is C22H26N2. The van der Waals surface area contributed by atoms with Crippen molar-refractivity contribution in [1.82, 2.24) is 9.55 Å². The van der Waals surface area contributed by atoms with E-state index in [4.69, 9.17) is 4.98 Å². The van der Waals surface area contributed by atoms with Gasteiger partial charge in [-0.05, 0) is 35.4 Å². The molecule has 2 heteroatoms. The van der Waals surface area contributed by atoms with Gasteiger partial charge >= 0.3 is 0 Å². The largest absolute Gasteiger partial charge is 0.300 e. The van der Waals surface area contributed by atoms with Gasteiger partial charge in [0.1, 0.15) is 5.82 Å². The van der Waals surface area contributed by atoms with E-state index in [0.29, 0.717) is 5.92 Å². The number of hydrogen-bond acceptors (Lipinski definition) is 1.